The van der Waals surface area contributed by atoms with E-state index in [-0.39, 0.29) is 11.3 Å². The molecule has 18 heavy (non-hydrogen) atoms. The van der Waals surface area contributed by atoms with Crippen molar-refractivity contribution in [1.82, 2.24) is 10.2 Å². The standard InChI is InChI=1S/C15H30N2O/c1-12(15(2,3)4)14(18)17-10-7-13(8-11-17)6-9-16-5/h12-13,16H,6-11H2,1-5H3. The molecule has 0 aromatic carbocycles. The molecule has 0 saturated carbocycles. The van der Waals surface area contributed by atoms with Crippen LogP contribution in [0.1, 0.15) is 47.0 Å². The number of nitrogens with one attached hydrogen (secondary N) is 1. The number of likely N-dealkylation sites (tertiary alicyclic amines) is 1. The van der Waals surface area contributed by atoms with Gasteiger partial charge in [0.25, 0.3) is 0 Å². The normalized spacial score (nSPS) is 19.9. The molecule has 3 nitrogen and oxygen atoms in total. The predicted molar refractivity (Wildman–Crippen MR) is 76.5 cm³/mol. The first-order valence-electron chi connectivity index (χ1n) is 7.29. The maximum absolute atomic E-state index is 12.4. The molecule has 0 spiro atoms. The first kappa shape index (κ1) is 15.5. The third-order valence-electron chi connectivity index (χ3n) is 4.40. The van der Waals surface area contributed by atoms with Crippen LogP contribution in [0.25, 0.3) is 0 Å². The van der Waals surface area contributed by atoms with Gasteiger partial charge >= 0.3 is 0 Å². The minimum Gasteiger partial charge on any atom is -0.342 e. The lowest BCUT2D eigenvalue weighted by molar-refractivity contribution is -0.139. The van der Waals surface area contributed by atoms with E-state index in [1.165, 1.54) is 19.3 Å². The van der Waals surface area contributed by atoms with Crippen molar-refractivity contribution < 1.29 is 4.79 Å². The van der Waals surface area contributed by atoms with Gasteiger partial charge in [-0.25, -0.2) is 0 Å². The monoisotopic (exact) mass is 254 g/mol. The fourth-order valence-electron chi connectivity index (χ4n) is 2.43. The molecule has 0 bridgehead atoms. The van der Waals surface area contributed by atoms with Crippen LogP contribution in [-0.2, 0) is 4.79 Å². The average molecular weight is 254 g/mol. The van der Waals surface area contributed by atoms with Crippen molar-refractivity contribution in [1.29, 1.82) is 0 Å². The Balaban J connectivity index is 2.41. The topological polar surface area (TPSA) is 32.3 Å². The third-order valence-corrected chi connectivity index (χ3v) is 4.40. The van der Waals surface area contributed by atoms with Crippen molar-refractivity contribution >= 4 is 5.91 Å². The van der Waals surface area contributed by atoms with Crippen molar-refractivity contribution in [3.63, 3.8) is 0 Å². The fraction of sp³-hybridized carbons (Fsp3) is 0.933. The largest absolute Gasteiger partial charge is 0.342 e. The van der Waals surface area contributed by atoms with Gasteiger partial charge in [0.05, 0.1) is 0 Å². The molecular formula is C15H30N2O. The zero-order chi connectivity index (χ0) is 13.8. The summed E-state index contributed by atoms with van der Waals surface area (Å²) in [6, 6.07) is 0. The Labute approximate surface area is 112 Å². The van der Waals surface area contributed by atoms with Crippen molar-refractivity contribution in [2.45, 2.75) is 47.0 Å². The molecule has 1 saturated heterocycles. The van der Waals surface area contributed by atoms with E-state index in [0.29, 0.717) is 5.91 Å². The van der Waals surface area contributed by atoms with Gasteiger partial charge in [0.2, 0.25) is 5.91 Å². The van der Waals surface area contributed by atoms with Crippen LogP contribution in [0, 0.1) is 17.3 Å². The molecule has 1 aliphatic rings. The van der Waals surface area contributed by atoms with Gasteiger partial charge in [-0.1, -0.05) is 27.7 Å². The highest BCUT2D eigenvalue weighted by Crippen LogP contribution is 2.29. The summed E-state index contributed by atoms with van der Waals surface area (Å²) in [5.74, 6) is 1.26. The van der Waals surface area contributed by atoms with E-state index in [4.69, 9.17) is 0 Å². The average Bonchev–Trinajstić information content (AvgIpc) is 2.34. The maximum Gasteiger partial charge on any atom is 0.225 e. The summed E-state index contributed by atoms with van der Waals surface area (Å²) >= 11 is 0. The van der Waals surface area contributed by atoms with Gasteiger partial charge < -0.3 is 10.2 Å². The lowest BCUT2D eigenvalue weighted by Gasteiger charge is -2.36. The highest BCUT2D eigenvalue weighted by atomic mass is 16.2. The Kier molecular flexibility index (Phi) is 5.64. The second kappa shape index (κ2) is 6.55. The SMILES string of the molecule is CNCCC1CCN(C(=O)C(C)C(C)(C)C)CC1. The molecule has 1 rings (SSSR count). The summed E-state index contributed by atoms with van der Waals surface area (Å²) in [5, 5.41) is 3.21. The second-order valence-electron chi connectivity index (χ2n) is 6.75. The molecule has 0 aliphatic carbocycles. The molecule has 1 atom stereocenters. The van der Waals surface area contributed by atoms with Gasteiger partial charge in [0.1, 0.15) is 0 Å². The van der Waals surface area contributed by atoms with Crippen LogP contribution < -0.4 is 5.32 Å². The number of carbonyl (C=O) groups excluding carboxylic acids is 1. The summed E-state index contributed by atoms with van der Waals surface area (Å²) in [6.45, 7) is 11.5. The lowest BCUT2D eigenvalue weighted by Crippen LogP contribution is -2.44. The molecule has 0 aromatic rings. The number of rotatable bonds is 4. The Hall–Kier alpha value is -0.570. The van der Waals surface area contributed by atoms with Gasteiger partial charge in [-0.2, -0.15) is 0 Å². The first-order valence-corrected chi connectivity index (χ1v) is 7.29. The van der Waals surface area contributed by atoms with E-state index in [1.807, 2.05) is 7.05 Å². The van der Waals surface area contributed by atoms with Crippen molar-refractivity contribution in [3.05, 3.63) is 0 Å². The molecule has 1 N–H and O–H groups in total. The molecule has 1 amide bonds. The van der Waals surface area contributed by atoms with Crippen molar-refractivity contribution in [2.24, 2.45) is 17.3 Å². The second-order valence-corrected chi connectivity index (χ2v) is 6.75. The highest BCUT2D eigenvalue weighted by Gasteiger charge is 2.32. The summed E-state index contributed by atoms with van der Waals surface area (Å²) < 4.78 is 0. The van der Waals surface area contributed by atoms with Gasteiger partial charge in [-0.15, -0.1) is 0 Å². The number of piperidine rings is 1. The number of carbonyl (C=O) groups is 1. The molecule has 1 aliphatic heterocycles. The molecule has 106 valence electrons. The van der Waals surface area contributed by atoms with E-state index in [9.17, 15) is 4.79 Å². The highest BCUT2D eigenvalue weighted by molar-refractivity contribution is 5.79. The van der Waals surface area contributed by atoms with Crippen LogP contribution in [0.2, 0.25) is 0 Å². The van der Waals surface area contributed by atoms with Gasteiger partial charge in [-0.3, -0.25) is 4.79 Å². The van der Waals surface area contributed by atoms with E-state index in [2.05, 4.69) is 37.9 Å². The molecule has 1 unspecified atom stereocenters. The molecule has 1 fully saturated rings. The minimum atomic E-state index is 0.0695. The van der Waals surface area contributed by atoms with Crippen LogP contribution >= 0.6 is 0 Å². The summed E-state index contributed by atoms with van der Waals surface area (Å²) in [6.07, 6.45) is 3.59. The zero-order valence-electron chi connectivity index (χ0n) is 12.8. The van der Waals surface area contributed by atoms with Crippen molar-refractivity contribution in [3.8, 4) is 0 Å². The Morgan fingerprint density at radius 2 is 1.89 bits per heavy atom. The Bertz CT molecular complexity index is 262. The number of hydrogen-bond donors (Lipinski definition) is 1. The number of amides is 1. The predicted octanol–water partition coefficient (Wildman–Crippen LogP) is 2.52. The third kappa shape index (κ3) is 4.27. The van der Waals surface area contributed by atoms with Crippen molar-refractivity contribution in [2.75, 3.05) is 26.7 Å². The van der Waals surface area contributed by atoms with Crippen LogP contribution in [0.3, 0.4) is 0 Å². The van der Waals surface area contributed by atoms with E-state index in [1.54, 1.807) is 0 Å². The number of nitrogens with zero attached hydrogens (tertiary/aromatic N) is 1. The Morgan fingerprint density at radius 1 is 1.33 bits per heavy atom. The van der Waals surface area contributed by atoms with E-state index < -0.39 is 0 Å². The quantitative estimate of drug-likeness (QED) is 0.836. The van der Waals surface area contributed by atoms with Gasteiger partial charge in [-0.05, 0) is 44.2 Å². The number of hydrogen-bond acceptors (Lipinski definition) is 2. The molecule has 0 radical (unpaired) electrons. The summed E-state index contributed by atoms with van der Waals surface area (Å²) in [7, 11) is 2.00. The summed E-state index contributed by atoms with van der Waals surface area (Å²) in [5.41, 5.74) is 0.0695. The van der Waals surface area contributed by atoms with Gasteiger partial charge in [0.15, 0.2) is 0 Å². The van der Waals surface area contributed by atoms with Crippen LogP contribution in [0.5, 0.6) is 0 Å². The van der Waals surface area contributed by atoms with Crippen LogP contribution in [-0.4, -0.2) is 37.5 Å². The molecule has 3 heteroatoms. The molecule has 1 heterocycles. The lowest BCUT2D eigenvalue weighted by atomic mass is 9.80. The van der Waals surface area contributed by atoms with Crippen LogP contribution in [0.4, 0.5) is 0 Å². The van der Waals surface area contributed by atoms with Crippen LogP contribution in [0.15, 0.2) is 0 Å². The first-order chi connectivity index (χ1) is 8.36. The van der Waals surface area contributed by atoms with Gasteiger partial charge in [0, 0.05) is 19.0 Å². The smallest absolute Gasteiger partial charge is 0.225 e. The maximum atomic E-state index is 12.4. The fourth-order valence-corrected chi connectivity index (χ4v) is 2.43. The van der Waals surface area contributed by atoms with E-state index >= 15 is 0 Å². The minimum absolute atomic E-state index is 0.0695. The molecular weight excluding hydrogens is 224 g/mol. The summed E-state index contributed by atoms with van der Waals surface area (Å²) in [4.78, 5) is 14.5. The molecule has 0 aromatic heterocycles. The van der Waals surface area contributed by atoms with E-state index in [0.717, 1.165) is 25.6 Å². The zero-order valence-corrected chi connectivity index (χ0v) is 12.8. The Morgan fingerprint density at radius 3 is 2.33 bits per heavy atom.